The first-order valence-electron chi connectivity index (χ1n) is 8.47. The van der Waals surface area contributed by atoms with E-state index in [1.54, 1.807) is 24.3 Å². The molecule has 0 radical (unpaired) electrons. The van der Waals surface area contributed by atoms with Crippen LogP contribution in [0.5, 0.6) is 0 Å². The molecule has 1 aromatic carbocycles. The molecule has 2 N–H and O–H groups in total. The standard InChI is InChI=1S/C18H24N2O6/c1-11(2)10-13(16(21)25-3)19-17(22)26-15-8-9-20(18(23)24)14-7-5-4-6-12(14)15/h4-7,11,13,15H,8-10H2,1-3H3,(H,19,22)(H,23,24). The summed E-state index contributed by atoms with van der Waals surface area (Å²) in [4.78, 5) is 36.7. The maximum atomic E-state index is 12.3. The maximum Gasteiger partial charge on any atom is 0.411 e. The molecular formula is C18H24N2O6. The number of alkyl carbamates (subject to hydrolysis) is 1. The van der Waals surface area contributed by atoms with Crippen LogP contribution in [-0.4, -0.2) is 43.0 Å². The fraction of sp³-hybridized carbons (Fsp3) is 0.500. The van der Waals surface area contributed by atoms with E-state index in [-0.39, 0.29) is 12.5 Å². The summed E-state index contributed by atoms with van der Waals surface area (Å²) in [5.41, 5.74) is 1.12. The molecule has 26 heavy (non-hydrogen) atoms. The molecule has 1 aromatic rings. The van der Waals surface area contributed by atoms with Crippen LogP contribution in [0.1, 0.15) is 38.4 Å². The van der Waals surface area contributed by atoms with Gasteiger partial charge in [-0.05, 0) is 18.4 Å². The zero-order chi connectivity index (χ0) is 19.3. The molecule has 0 saturated heterocycles. The van der Waals surface area contributed by atoms with Gasteiger partial charge in [0.25, 0.3) is 0 Å². The van der Waals surface area contributed by atoms with Crippen LogP contribution in [0, 0.1) is 5.92 Å². The van der Waals surface area contributed by atoms with E-state index in [4.69, 9.17) is 9.47 Å². The molecule has 142 valence electrons. The Morgan fingerprint density at radius 2 is 2.00 bits per heavy atom. The predicted molar refractivity (Wildman–Crippen MR) is 94.0 cm³/mol. The van der Waals surface area contributed by atoms with Gasteiger partial charge in [0.05, 0.1) is 12.8 Å². The average Bonchev–Trinajstić information content (AvgIpc) is 2.60. The number of hydrogen-bond acceptors (Lipinski definition) is 5. The van der Waals surface area contributed by atoms with Crippen molar-refractivity contribution in [1.82, 2.24) is 5.32 Å². The van der Waals surface area contributed by atoms with E-state index in [1.165, 1.54) is 12.0 Å². The number of hydrogen-bond donors (Lipinski definition) is 2. The van der Waals surface area contributed by atoms with E-state index >= 15 is 0 Å². The third-order valence-corrected chi connectivity index (χ3v) is 4.15. The van der Waals surface area contributed by atoms with Gasteiger partial charge in [-0.3, -0.25) is 4.90 Å². The number of esters is 1. The number of amides is 2. The lowest BCUT2D eigenvalue weighted by Gasteiger charge is -2.32. The highest BCUT2D eigenvalue weighted by Gasteiger charge is 2.31. The Morgan fingerprint density at radius 3 is 2.62 bits per heavy atom. The Kier molecular flexibility index (Phi) is 6.43. The van der Waals surface area contributed by atoms with E-state index in [9.17, 15) is 19.5 Å². The van der Waals surface area contributed by atoms with Crippen molar-refractivity contribution in [2.45, 2.75) is 38.8 Å². The molecule has 0 fully saturated rings. The highest BCUT2D eigenvalue weighted by atomic mass is 16.6. The smallest absolute Gasteiger partial charge is 0.411 e. The fourth-order valence-corrected chi connectivity index (χ4v) is 2.98. The van der Waals surface area contributed by atoms with Crippen molar-refractivity contribution in [2.24, 2.45) is 5.92 Å². The molecule has 2 amide bonds. The number of para-hydroxylation sites is 1. The van der Waals surface area contributed by atoms with Crippen molar-refractivity contribution in [3.8, 4) is 0 Å². The molecule has 1 aliphatic heterocycles. The van der Waals surface area contributed by atoms with Gasteiger partial charge < -0.3 is 19.9 Å². The second-order valence-electron chi connectivity index (χ2n) is 6.53. The van der Waals surface area contributed by atoms with Crippen LogP contribution in [0.2, 0.25) is 0 Å². The molecule has 1 aliphatic rings. The molecule has 8 heteroatoms. The molecule has 0 spiro atoms. The van der Waals surface area contributed by atoms with Gasteiger partial charge in [0.15, 0.2) is 0 Å². The Morgan fingerprint density at radius 1 is 1.31 bits per heavy atom. The lowest BCUT2D eigenvalue weighted by molar-refractivity contribution is -0.143. The first kappa shape index (κ1) is 19.6. The van der Waals surface area contributed by atoms with Crippen LogP contribution in [0.25, 0.3) is 0 Å². The third kappa shape index (κ3) is 4.65. The fourth-order valence-electron chi connectivity index (χ4n) is 2.98. The molecule has 0 bridgehead atoms. The molecule has 2 unspecified atom stereocenters. The van der Waals surface area contributed by atoms with E-state index < -0.39 is 30.3 Å². The minimum atomic E-state index is -1.05. The van der Waals surface area contributed by atoms with Crippen molar-refractivity contribution in [1.29, 1.82) is 0 Å². The van der Waals surface area contributed by atoms with Crippen LogP contribution >= 0.6 is 0 Å². The summed E-state index contributed by atoms with van der Waals surface area (Å²) >= 11 is 0. The summed E-state index contributed by atoms with van der Waals surface area (Å²) in [6.45, 7) is 4.08. The Balaban J connectivity index is 2.10. The molecule has 2 atom stereocenters. The quantitative estimate of drug-likeness (QED) is 0.778. The van der Waals surface area contributed by atoms with E-state index in [2.05, 4.69) is 5.32 Å². The molecule has 0 aliphatic carbocycles. The maximum absolute atomic E-state index is 12.3. The monoisotopic (exact) mass is 364 g/mol. The van der Waals surface area contributed by atoms with Crippen molar-refractivity contribution in [3.63, 3.8) is 0 Å². The first-order valence-corrected chi connectivity index (χ1v) is 8.47. The Labute approximate surface area is 152 Å². The minimum absolute atomic E-state index is 0.180. The van der Waals surface area contributed by atoms with Gasteiger partial charge in [-0.15, -0.1) is 0 Å². The number of carbonyl (C=O) groups excluding carboxylic acids is 2. The normalized spacial score (nSPS) is 17.2. The second-order valence-corrected chi connectivity index (χ2v) is 6.53. The van der Waals surface area contributed by atoms with E-state index in [1.807, 2.05) is 13.8 Å². The second kappa shape index (κ2) is 8.55. The summed E-state index contributed by atoms with van der Waals surface area (Å²) in [6.07, 6.45) is -1.61. The number of ether oxygens (including phenoxy) is 2. The van der Waals surface area contributed by atoms with E-state index in [0.29, 0.717) is 24.1 Å². The third-order valence-electron chi connectivity index (χ3n) is 4.15. The number of anilines is 1. The van der Waals surface area contributed by atoms with Gasteiger partial charge in [-0.1, -0.05) is 32.0 Å². The zero-order valence-electron chi connectivity index (χ0n) is 15.1. The zero-order valence-corrected chi connectivity index (χ0v) is 15.1. The van der Waals surface area contributed by atoms with E-state index in [0.717, 1.165) is 0 Å². The number of nitrogens with one attached hydrogen (secondary N) is 1. The summed E-state index contributed by atoms with van der Waals surface area (Å²) < 4.78 is 10.2. The van der Waals surface area contributed by atoms with Crippen molar-refractivity contribution in [3.05, 3.63) is 29.8 Å². The molecule has 0 saturated carbocycles. The SMILES string of the molecule is COC(=O)C(CC(C)C)NC(=O)OC1CCN(C(=O)O)c2ccccc21. The van der Waals surface area contributed by atoms with Gasteiger partial charge >= 0.3 is 18.2 Å². The Hall–Kier alpha value is -2.77. The largest absolute Gasteiger partial charge is 0.467 e. The van der Waals surface area contributed by atoms with Crippen molar-refractivity contribution in [2.75, 3.05) is 18.6 Å². The topological polar surface area (TPSA) is 105 Å². The molecule has 1 heterocycles. The van der Waals surface area contributed by atoms with Crippen LogP contribution in [-0.2, 0) is 14.3 Å². The van der Waals surface area contributed by atoms with Crippen LogP contribution < -0.4 is 10.2 Å². The number of methoxy groups -OCH3 is 1. The van der Waals surface area contributed by atoms with Gasteiger partial charge in [-0.2, -0.15) is 0 Å². The molecule has 2 rings (SSSR count). The minimum Gasteiger partial charge on any atom is -0.467 e. The summed E-state index contributed by atoms with van der Waals surface area (Å²) in [5, 5.41) is 11.8. The highest BCUT2D eigenvalue weighted by Crippen LogP contribution is 2.35. The summed E-state index contributed by atoms with van der Waals surface area (Å²) in [6, 6.07) is 6.10. The van der Waals surface area contributed by atoms with Gasteiger partial charge in [-0.25, -0.2) is 14.4 Å². The molecule has 8 nitrogen and oxygen atoms in total. The predicted octanol–water partition coefficient (Wildman–Crippen LogP) is 2.93. The number of rotatable bonds is 5. The lowest BCUT2D eigenvalue weighted by Crippen LogP contribution is -2.43. The average molecular weight is 364 g/mol. The number of benzene rings is 1. The molecular weight excluding hydrogens is 340 g/mol. The lowest BCUT2D eigenvalue weighted by atomic mass is 9.99. The molecule has 0 aromatic heterocycles. The summed E-state index contributed by atoms with van der Waals surface area (Å²) in [7, 11) is 1.26. The van der Waals surface area contributed by atoms with Gasteiger partial charge in [0, 0.05) is 18.5 Å². The van der Waals surface area contributed by atoms with Crippen LogP contribution in [0.4, 0.5) is 15.3 Å². The number of carbonyl (C=O) groups is 3. The number of nitrogens with zero attached hydrogens (tertiary/aromatic N) is 1. The van der Waals surface area contributed by atoms with Crippen molar-refractivity contribution < 1.29 is 29.0 Å². The highest BCUT2D eigenvalue weighted by molar-refractivity contribution is 5.88. The van der Waals surface area contributed by atoms with Crippen LogP contribution in [0.15, 0.2) is 24.3 Å². The van der Waals surface area contributed by atoms with Crippen molar-refractivity contribution >= 4 is 23.8 Å². The van der Waals surface area contributed by atoms with Gasteiger partial charge in [0.1, 0.15) is 12.1 Å². The number of carboxylic acid groups (broad SMARTS) is 1. The number of fused-ring (bicyclic) bond motifs is 1. The first-order chi connectivity index (χ1) is 12.3. The Bertz CT molecular complexity index is 675. The van der Waals surface area contributed by atoms with Gasteiger partial charge in [0.2, 0.25) is 0 Å². The van der Waals surface area contributed by atoms with Crippen LogP contribution in [0.3, 0.4) is 0 Å². The summed E-state index contributed by atoms with van der Waals surface area (Å²) in [5.74, 6) is -0.351.